The largest absolute Gasteiger partial charge is 0.236 e. The molecule has 0 aliphatic heterocycles. The van der Waals surface area contributed by atoms with Crippen LogP contribution in [0, 0.1) is 11.8 Å². The van der Waals surface area contributed by atoms with Gasteiger partial charge in [-0.1, -0.05) is 61.8 Å². The number of hydrogen-bond acceptors (Lipinski definition) is 4. The second-order valence-corrected chi connectivity index (χ2v) is 8.29. The first kappa shape index (κ1) is 23.9. The Morgan fingerprint density at radius 1 is 0.731 bits per heavy atom. The Hall–Kier alpha value is -0.160. The molecule has 0 bridgehead atoms. The highest BCUT2D eigenvalue weighted by Gasteiger charge is 2.49. The predicted octanol–water partition coefficient (Wildman–Crippen LogP) is 6.97. The average molecular weight is 373 g/mol. The van der Waals surface area contributed by atoms with Crippen LogP contribution in [0.3, 0.4) is 0 Å². The monoisotopic (exact) mass is 372 g/mol. The van der Waals surface area contributed by atoms with Gasteiger partial charge in [-0.25, -0.2) is 9.78 Å². The lowest BCUT2D eigenvalue weighted by atomic mass is 9.77. The molecule has 0 spiro atoms. The van der Waals surface area contributed by atoms with Gasteiger partial charge in [-0.05, 0) is 50.9 Å². The Kier molecular flexibility index (Phi) is 9.55. The van der Waals surface area contributed by atoms with Crippen LogP contribution < -0.4 is 0 Å². The summed E-state index contributed by atoms with van der Waals surface area (Å²) in [5.41, 5.74) is -0.512. The summed E-state index contributed by atoms with van der Waals surface area (Å²) in [5.74, 6) is -0.106. The summed E-state index contributed by atoms with van der Waals surface area (Å²) in [6.07, 6.45) is 8.58. The van der Waals surface area contributed by atoms with Crippen molar-refractivity contribution in [1.82, 2.24) is 0 Å². The van der Waals surface area contributed by atoms with E-state index in [4.69, 9.17) is 19.6 Å². The van der Waals surface area contributed by atoms with E-state index in [1.807, 2.05) is 0 Å². The van der Waals surface area contributed by atoms with Crippen LogP contribution in [-0.4, -0.2) is 17.0 Å². The van der Waals surface area contributed by atoms with Gasteiger partial charge in [0.05, 0.1) is 0 Å². The summed E-state index contributed by atoms with van der Waals surface area (Å²) in [4.78, 5) is 24.5. The van der Waals surface area contributed by atoms with E-state index in [-0.39, 0.29) is 17.1 Å². The summed E-state index contributed by atoms with van der Waals surface area (Å²) < 4.78 is 0. The van der Waals surface area contributed by atoms with Gasteiger partial charge in [-0.2, -0.15) is 9.78 Å². The minimum Gasteiger partial charge on any atom is -0.227 e. The van der Waals surface area contributed by atoms with Gasteiger partial charge in [0.25, 0.3) is 0 Å². The van der Waals surface area contributed by atoms with E-state index in [9.17, 15) is 0 Å². The van der Waals surface area contributed by atoms with Gasteiger partial charge in [0.2, 0.25) is 5.79 Å². The highest BCUT2D eigenvalue weighted by atomic mass is 17.3. The van der Waals surface area contributed by atoms with Gasteiger partial charge in [0.1, 0.15) is 11.2 Å². The quantitative estimate of drug-likeness (QED) is 0.210. The Morgan fingerprint density at radius 3 is 1.46 bits per heavy atom. The Morgan fingerprint density at radius 2 is 1.12 bits per heavy atom. The first-order valence-corrected chi connectivity index (χ1v) is 11.1. The molecule has 26 heavy (non-hydrogen) atoms. The third kappa shape index (κ3) is 5.21. The fourth-order valence-corrected chi connectivity index (χ4v) is 4.00. The lowest BCUT2D eigenvalue weighted by Gasteiger charge is -2.46. The molecule has 1 rings (SSSR count). The average Bonchev–Trinajstić information content (AvgIpc) is 2.68. The first-order valence-electron chi connectivity index (χ1n) is 11.1. The van der Waals surface area contributed by atoms with Crippen molar-refractivity contribution in [3.05, 3.63) is 0 Å². The maximum atomic E-state index is 6.17. The molecule has 1 saturated carbocycles. The van der Waals surface area contributed by atoms with Crippen molar-refractivity contribution in [1.29, 1.82) is 0 Å². The molecule has 0 N–H and O–H groups in total. The maximum absolute atomic E-state index is 6.17. The second kappa shape index (κ2) is 10.4. The summed E-state index contributed by atoms with van der Waals surface area (Å²) >= 11 is 0. The van der Waals surface area contributed by atoms with Crippen molar-refractivity contribution in [3.63, 3.8) is 0 Å². The third-order valence-corrected chi connectivity index (χ3v) is 7.32. The van der Waals surface area contributed by atoms with Gasteiger partial charge in [0.15, 0.2) is 0 Å². The Bertz CT molecular complexity index is 347. The molecular formula is C22H44O4. The fraction of sp³-hybridized carbons (Fsp3) is 1.00. The first-order chi connectivity index (χ1) is 12.3. The number of rotatable bonds is 12. The minimum absolute atomic E-state index is 0.211. The summed E-state index contributed by atoms with van der Waals surface area (Å²) in [5, 5.41) is 0. The smallest absolute Gasteiger partial charge is 0.227 e. The highest BCUT2D eigenvalue weighted by Crippen LogP contribution is 2.44. The predicted molar refractivity (Wildman–Crippen MR) is 106 cm³/mol. The normalized spacial score (nSPS) is 24.0. The van der Waals surface area contributed by atoms with Gasteiger partial charge < -0.3 is 0 Å². The van der Waals surface area contributed by atoms with Crippen LogP contribution in [0.4, 0.5) is 0 Å². The van der Waals surface area contributed by atoms with Crippen LogP contribution >= 0.6 is 0 Å². The van der Waals surface area contributed by atoms with Gasteiger partial charge in [-0.15, -0.1) is 0 Å². The summed E-state index contributed by atoms with van der Waals surface area (Å²) in [7, 11) is 0. The second-order valence-electron chi connectivity index (χ2n) is 8.29. The number of hydrogen-bond donors (Lipinski definition) is 0. The van der Waals surface area contributed by atoms with Crippen molar-refractivity contribution < 1.29 is 19.6 Å². The zero-order valence-corrected chi connectivity index (χ0v) is 18.7. The van der Waals surface area contributed by atoms with E-state index in [1.165, 1.54) is 6.42 Å². The maximum Gasteiger partial charge on any atom is 0.236 e. The molecule has 0 aromatic heterocycles. The van der Waals surface area contributed by atoms with E-state index in [0.717, 1.165) is 51.4 Å². The molecule has 0 amide bonds. The molecule has 0 radical (unpaired) electrons. The van der Waals surface area contributed by atoms with Gasteiger partial charge in [-0.3, -0.25) is 0 Å². The molecule has 1 aliphatic rings. The molecule has 156 valence electrons. The van der Waals surface area contributed by atoms with Crippen molar-refractivity contribution >= 4 is 0 Å². The van der Waals surface area contributed by atoms with E-state index in [2.05, 4.69) is 55.4 Å². The molecule has 0 saturated heterocycles. The van der Waals surface area contributed by atoms with Crippen molar-refractivity contribution in [3.8, 4) is 0 Å². The Labute approximate surface area is 162 Å². The summed E-state index contributed by atoms with van der Waals surface area (Å²) in [6.45, 7) is 17.4. The third-order valence-electron chi connectivity index (χ3n) is 7.32. The van der Waals surface area contributed by atoms with E-state index in [0.29, 0.717) is 5.92 Å². The molecule has 2 atom stereocenters. The molecular weight excluding hydrogens is 328 g/mol. The van der Waals surface area contributed by atoms with E-state index in [1.54, 1.807) is 0 Å². The van der Waals surface area contributed by atoms with Crippen LogP contribution in [0.25, 0.3) is 0 Å². The molecule has 4 nitrogen and oxygen atoms in total. The lowest BCUT2D eigenvalue weighted by molar-refractivity contribution is -0.563. The van der Waals surface area contributed by atoms with Gasteiger partial charge in [0, 0.05) is 12.3 Å². The van der Waals surface area contributed by atoms with Crippen molar-refractivity contribution in [2.45, 2.75) is 130 Å². The molecule has 4 heteroatoms. The Balaban J connectivity index is 3.00. The van der Waals surface area contributed by atoms with Crippen molar-refractivity contribution in [2.24, 2.45) is 11.8 Å². The summed E-state index contributed by atoms with van der Waals surface area (Å²) in [6, 6.07) is 0. The molecule has 2 unspecified atom stereocenters. The zero-order valence-electron chi connectivity index (χ0n) is 18.7. The molecule has 0 heterocycles. The standard InChI is InChI=1S/C22H44O4/c1-9-20(10-2,11-3)23-25-22(17-15-16-18(7)19(22)8)26-24-21(12-4,13-5)14-6/h18-19H,9-17H2,1-8H3. The van der Waals surface area contributed by atoms with Crippen LogP contribution in [-0.2, 0) is 19.6 Å². The minimum atomic E-state index is -0.826. The van der Waals surface area contributed by atoms with E-state index < -0.39 is 5.79 Å². The molecule has 1 aliphatic carbocycles. The fourth-order valence-electron chi connectivity index (χ4n) is 4.00. The molecule has 1 fully saturated rings. The van der Waals surface area contributed by atoms with Crippen LogP contribution in [0.15, 0.2) is 0 Å². The SMILES string of the molecule is CCC(CC)(CC)OOC1(OOC(CC)(CC)CC)CCCC(C)C1C. The van der Waals surface area contributed by atoms with Crippen LogP contribution in [0.2, 0.25) is 0 Å². The van der Waals surface area contributed by atoms with Crippen LogP contribution in [0.1, 0.15) is 113 Å². The lowest BCUT2D eigenvalue weighted by Crippen LogP contribution is -2.51. The topological polar surface area (TPSA) is 36.9 Å². The zero-order chi connectivity index (χ0) is 19.8. The highest BCUT2D eigenvalue weighted by molar-refractivity contribution is 4.85. The molecule has 0 aromatic rings. The van der Waals surface area contributed by atoms with Gasteiger partial charge >= 0.3 is 0 Å². The van der Waals surface area contributed by atoms with Crippen molar-refractivity contribution in [2.75, 3.05) is 0 Å². The van der Waals surface area contributed by atoms with Crippen LogP contribution in [0.5, 0.6) is 0 Å². The molecule has 0 aromatic carbocycles. The van der Waals surface area contributed by atoms with E-state index >= 15 is 0 Å².